The Morgan fingerprint density at radius 3 is 2.44 bits per heavy atom. The third kappa shape index (κ3) is 5.20. The van der Waals surface area contributed by atoms with E-state index in [-0.39, 0.29) is 23.6 Å². The summed E-state index contributed by atoms with van der Waals surface area (Å²) in [7, 11) is 3.09. The molecule has 1 unspecified atom stereocenters. The van der Waals surface area contributed by atoms with Crippen LogP contribution in [0.3, 0.4) is 0 Å². The lowest BCUT2D eigenvalue weighted by Gasteiger charge is -2.21. The van der Waals surface area contributed by atoms with Crippen LogP contribution in [0, 0.1) is 0 Å². The maximum atomic E-state index is 13.8. The molecule has 2 N–H and O–H groups in total. The summed E-state index contributed by atoms with van der Waals surface area (Å²) in [5, 5.41) is 4.68. The summed E-state index contributed by atoms with van der Waals surface area (Å²) in [5.74, 6) is -0.952. The van der Waals surface area contributed by atoms with Crippen molar-refractivity contribution in [2.75, 3.05) is 19.0 Å². The Labute approximate surface area is 204 Å². The predicted octanol–water partition coefficient (Wildman–Crippen LogP) is 4.25. The molecule has 8 nitrogen and oxygen atoms in total. The number of fused-ring (bicyclic) bond motifs is 1. The molecule has 4 aromatic rings. The number of hydrogen-bond donors (Lipinski definition) is 2. The van der Waals surface area contributed by atoms with Crippen molar-refractivity contribution in [3.8, 4) is 11.4 Å². The number of ether oxygens (including phenoxy) is 1. The van der Waals surface area contributed by atoms with Gasteiger partial charge in [0.25, 0.3) is 5.91 Å². The fourth-order valence-electron chi connectivity index (χ4n) is 3.83. The predicted molar refractivity (Wildman–Crippen MR) is 127 cm³/mol. The van der Waals surface area contributed by atoms with E-state index in [9.17, 15) is 22.8 Å². The van der Waals surface area contributed by atoms with E-state index < -0.39 is 24.0 Å². The van der Waals surface area contributed by atoms with Gasteiger partial charge in [-0.3, -0.25) is 14.6 Å². The molecule has 1 atom stereocenters. The lowest BCUT2D eigenvalue weighted by Crippen LogP contribution is -2.38. The number of pyridine rings is 1. The minimum absolute atomic E-state index is 0.113. The van der Waals surface area contributed by atoms with Crippen molar-refractivity contribution in [3.05, 3.63) is 78.1 Å². The number of nitrogens with zero attached hydrogens (tertiary/aromatic N) is 3. The topological polar surface area (TPSA) is 98.1 Å². The molecule has 36 heavy (non-hydrogen) atoms. The number of nitrogens with one attached hydrogen (secondary N) is 2. The average molecular weight is 497 g/mol. The molecule has 0 aliphatic carbocycles. The van der Waals surface area contributed by atoms with Crippen molar-refractivity contribution >= 4 is 28.5 Å². The fourth-order valence-corrected chi connectivity index (χ4v) is 3.83. The molecule has 0 aliphatic rings. The number of aryl methyl sites for hydroxylation is 1. The van der Waals surface area contributed by atoms with Crippen molar-refractivity contribution in [1.82, 2.24) is 19.9 Å². The molecule has 0 spiro atoms. The molecule has 186 valence electrons. The molecule has 2 amide bonds. The summed E-state index contributed by atoms with van der Waals surface area (Å²) < 4.78 is 47.9. The number of alkyl halides is 3. The maximum Gasteiger partial charge on any atom is 0.414 e. The summed E-state index contributed by atoms with van der Waals surface area (Å²) >= 11 is 0. The average Bonchev–Trinajstić information content (AvgIpc) is 3.19. The van der Waals surface area contributed by atoms with Crippen LogP contribution in [0.1, 0.15) is 22.1 Å². The van der Waals surface area contributed by atoms with Gasteiger partial charge in [0.15, 0.2) is 6.04 Å². The Morgan fingerprint density at radius 1 is 1.08 bits per heavy atom. The van der Waals surface area contributed by atoms with Crippen molar-refractivity contribution in [3.63, 3.8) is 0 Å². The Hall–Kier alpha value is -4.25. The van der Waals surface area contributed by atoms with Gasteiger partial charge >= 0.3 is 6.18 Å². The molecular formula is C25H22F3N5O3. The van der Waals surface area contributed by atoms with Crippen LogP contribution in [-0.4, -0.2) is 46.2 Å². The normalized spacial score (nSPS) is 12.4. The van der Waals surface area contributed by atoms with Crippen LogP contribution in [0.5, 0.6) is 0 Å². The number of imidazole rings is 1. The Balaban J connectivity index is 1.79. The zero-order valence-electron chi connectivity index (χ0n) is 19.3. The minimum Gasteiger partial charge on any atom is -0.375 e. The molecule has 4 rings (SSSR count). The first-order valence-electron chi connectivity index (χ1n) is 10.8. The number of hydrogen-bond acceptors (Lipinski definition) is 5. The Morgan fingerprint density at radius 2 is 1.81 bits per heavy atom. The molecule has 0 fully saturated rings. The van der Waals surface area contributed by atoms with Gasteiger partial charge in [-0.05, 0) is 24.3 Å². The van der Waals surface area contributed by atoms with Crippen LogP contribution >= 0.6 is 0 Å². The Bertz CT molecular complexity index is 1390. The second kappa shape index (κ2) is 10.2. The highest BCUT2D eigenvalue weighted by molar-refractivity contribution is 6.06. The van der Waals surface area contributed by atoms with Crippen LogP contribution in [0.25, 0.3) is 22.4 Å². The molecule has 0 aliphatic heterocycles. The molecule has 0 bridgehead atoms. The number of carbonyl (C=O) groups excluding carboxylic acids is 2. The van der Waals surface area contributed by atoms with Gasteiger partial charge in [0.1, 0.15) is 12.4 Å². The number of benzene rings is 2. The molecule has 2 aromatic heterocycles. The van der Waals surface area contributed by atoms with Gasteiger partial charge in [-0.15, -0.1) is 0 Å². The van der Waals surface area contributed by atoms with Gasteiger partial charge in [-0.1, -0.05) is 36.4 Å². The maximum absolute atomic E-state index is 13.8. The van der Waals surface area contributed by atoms with E-state index in [1.165, 1.54) is 43.6 Å². The monoisotopic (exact) mass is 497 g/mol. The highest BCUT2D eigenvalue weighted by atomic mass is 19.4. The van der Waals surface area contributed by atoms with Crippen LogP contribution in [0.4, 0.5) is 18.9 Å². The number of halogens is 3. The third-order valence-corrected chi connectivity index (χ3v) is 5.40. The van der Waals surface area contributed by atoms with Crippen molar-refractivity contribution in [2.45, 2.75) is 12.2 Å². The van der Waals surface area contributed by atoms with Gasteiger partial charge < -0.3 is 19.9 Å². The molecule has 11 heteroatoms. The SMILES string of the molecule is COCC(=O)Nc1cc(C(=O)NC(c2ccccn2)C(F)(F)F)cc2nc(-c3ccccc3)n(C)c12. The second-order valence-corrected chi connectivity index (χ2v) is 7.94. The molecular weight excluding hydrogens is 475 g/mol. The van der Waals surface area contributed by atoms with E-state index in [1.54, 1.807) is 11.6 Å². The van der Waals surface area contributed by atoms with Crippen molar-refractivity contribution in [1.29, 1.82) is 0 Å². The zero-order chi connectivity index (χ0) is 25.9. The molecule has 0 radical (unpaired) electrons. The van der Waals surface area contributed by atoms with Crippen LogP contribution in [-0.2, 0) is 16.6 Å². The summed E-state index contributed by atoms with van der Waals surface area (Å²) in [5.41, 5.74) is 1.34. The molecule has 2 aromatic carbocycles. The number of amides is 2. The highest BCUT2D eigenvalue weighted by Gasteiger charge is 2.43. The first-order valence-corrected chi connectivity index (χ1v) is 10.8. The van der Waals surface area contributed by atoms with Gasteiger partial charge in [-0.2, -0.15) is 13.2 Å². The number of carbonyl (C=O) groups is 2. The van der Waals surface area contributed by atoms with Gasteiger partial charge in [0.05, 0.1) is 22.4 Å². The van der Waals surface area contributed by atoms with Crippen molar-refractivity contribution < 1.29 is 27.5 Å². The molecule has 0 saturated heterocycles. The van der Waals surface area contributed by atoms with Gasteiger partial charge in [-0.25, -0.2) is 4.98 Å². The second-order valence-electron chi connectivity index (χ2n) is 7.94. The number of rotatable bonds is 7. The van der Waals surface area contributed by atoms with E-state index in [0.29, 0.717) is 16.9 Å². The number of anilines is 1. The number of aromatic nitrogens is 3. The summed E-state index contributed by atoms with van der Waals surface area (Å²) in [4.78, 5) is 33.7. The standard InChI is InChI=1S/C25H22F3N5O3/c1-33-21-18(30-20(34)14-36-2)12-16(13-19(21)31-23(33)15-8-4-3-5-9-15)24(35)32-22(25(26,27)28)17-10-6-7-11-29-17/h3-13,22H,14H2,1-2H3,(H,30,34)(H,32,35). The van der Waals surface area contributed by atoms with E-state index in [0.717, 1.165) is 5.56 Å². The van der Waals surface area contributed by atoms with Gasteiger partial charge in [0, 0.05) is 31.5 Å². The first kappa shape index (κ1) is 24.9. The van der Waals surface area contributed by atoms with Crippen LogP contribution in [0.15, 0.2) is 66.9 Å². The molecule has 0 saturated carbocycles. The molecule has 2 heterocycles. The van der Waals surface area contributed by atoms with E-state index in [4.69, 9.17) is 4.74 Å². The van der Waals surface area contributed by atoms with Crippen LogP contribution < -0.4 is 10.6 Å². The third-order valence-electron chi connectivity index (χ3n) is 5.40. The largest absolute Gasteiger partial charge is 0.414 e. The lowest BCUT2D eigenvalue weighted by atomic mass is 10.1. The van der Waals surface area contributed by atoms with Gasteiger partial charge in [0.2, 0.25) is 5.91 Å². The smallest absolute Gasteiger partial charge is 0.375 e. The quantitative estimate of drug-likeness (QED) is 0.398. The number of methoxy groups -OCH3 is 1. The van der Waals surface area contributed by atoms with Crippen molar-refractivity contribution in [2.24, 2.45) is 7.05 Å². The van der Waals surface area contributed by atoms with Crippen LogP contribution in [0.2, 0.25) is 0 Å². The van der Waals surface area contributed by atoms with E-state index in [1.807, 2.05) is 35.6 Å². The Kier molecular flexibility index (Phi) is 7.02. The fraction of sp³-hybridized carbons (Fsp3) is 0.200. The first-order chi connectivity index (χ1) is 17.2. The summed E-state index contributed by atoms with van der Waals surface area (Å²) in [6.07, 6.45) is -3.57. The lowest BCUT2D eigenvalue weighted by molar-refractivity contribution is -0.156. The highest BCUT2D eigenvalue weighted by Crippen LogP contribution is 2.33. The summed E-state index contributed by atoms with van der Waals surface area (Å²) in [6, 6.07) is 13.7. The zero-order valence-corrected chi connectivity index (χ0v) is 19.3. The van der Waals surface area contributed by atoms with E-state index >= 15 is 0 Å². The summed E-state index contributed by atoms with van der Waals surface area (Å²) in [6.45, 7) is -0.253. The van der Waals surface area contributed by atoms with E-state index in [2.05, 4.69) is 15.3 Å². The minimum atomic E-state index is -4.78.